The number of carbonyl (C=O) groups is 1. The Morgan fingerprint density at radius 2 is 2.21 bits per heavy atom. The molecule has 1 amide bonds. The molecule has 6 heteroatoms. The first kappa shape index (κ1) is 15.0. The number of anilines is 1. The molecular weight excluding hydrogens is 266 g/mol. The molecule has 0 bridgehead atoms. The van der Waals surface area contributed by atoms with Crippen LogP contribution >= 0.6 is 0 Å². The minimum Gasteiger partial charge on any atom is -1.00 e. The fourth-order valence-corrected chi connectivity index (χ4v) is 1.65. The van der Waals surface area contributed by atoms with Crippen LogP contribution in [-0.2, 0) is 18.4 Å². The van der Waals surface area contributed by atoms with Crippen LogP contribution in [0.25, 0.3) is 0 Å². The van der Waals surface area contributed by atoms with Crippen molar-refractivity contribution in [2.45, 2.75) is 13.5 Å². The van der Waals surface area contributed by atoms with Crippen LogP contribution in [0, 0.1) is 6.92 Å². The van der Waals surface area contributed by atoms with E-state index in [1.54, 1.807) is 29.8 Å². The number of carbonyl (C=O) groups excluding carboxylic acids is 1. The Morgan fingerprint density at radius 1 is 1.47 bits per heavy atom. The molecule has 19 heavy (non-hydrogen) atoms. The summed E-state index contributed by atoms with van der Waals surface area (Å²) in [5, 5.41) is 12.3. The molecule has 1 aromatic carbocycles. The highest BCUT2D eigenvalue weighted by molar-refractivity contribution is 5.89. The lowest BCUT2D eigenvalue weighted by Crippen LogP contribution is -3.00. The summed E-state index contributed by atoms with van der Waals surface area (Å²) in [5.41, 5.74) is 1.38. The van der Waals surface area contributed by atoms with Crippen molar-refractivity contribution in [1.82, 2.24) is 4.68 Å². The van der Waals surface area contributed by atoms with Crippen molar-refractivity contribution in [2.24, 2.45) is 7.05 Å². The molecule has 0 aliphatic rings. The van der Waals surface area contributed by atoms with Gasteiger partial charge in [0.1, 0.15) is 5.75 Å². The third-order valence-electron chi connectivity index (χ3n) is 2.76. The monoisotopic (exact) mass is 281 g/mol. The van der Waals surface area contributed by atoms with E-state index in [1.165, 1.54) is 0 Å². The van der Waals surface area contributed by atoms with Gasteiger partial charge in [-0.2, -0.15) is 4.68 Å². The Morgan fingerprint density at radius 3 is 2.79 bits per heavy atom. The predicted molar refractivity (Wildman–Crippen MR) is 67.1 cm³/mol. The van der Waals surface area contributed by atoms with Crippen LogP contribution in [0.5, 0.6) is 5.75 Å². The normalized spacial score (nSPS) is 9.79. The molecule has 0 unspecified atom stereocenters. The standard InChI is InChI=1S/C13H15N3O2.ClH/c1-10-4-5-11(8-12(10)17)14-13(18)9-16-7-3-6-15(16)2;/h3-8H,9H2,1-2H3,(H-,14,17,18);1H. The Hall–Kier alpha value is -2.01. The second kappa shape index (κ2) is 6.24. The molecule has 1 aromatic heterocycles. The van der Waals surface area contributed by atoms with Gasteiger partial charge in [0.2, 0.25) is 6.54 Å². The van der Waals surface area contributed by atoms with Gasteiger partial charge in [0.05, 0.1) is 13.2 Å². The van der Waals surface area contributed by atoms with E-state index in [9.17, 15) is 9.90 Å². The molecule has 1 heterocycles. The van der Waals surface area contributed by atoms with E-state index < -0.39 is 0 Å². The third-order valence-corrected chi connectivity index (χ3v) is 2.76. The fourth-order valence-electron chi connectivity index (χ4n) is 1.65. The summed E-state index contributed by atoms with van der Waals surface area (Å²) in [6.45, 7) is 2.04. The lowest BCUT2D eigenvalue weighted by Gasteiger charge is -2.05. The zero-order valence-electron chi connectivity index (χ0n) is 10.8. The van der Waals surface area contributed by atoms with Crippen molar-refractivity contribution in [1.29, 1.82) is 0 Å². The number of aryl methyl sites for hydroxylation is 2. The van der Waals surface area contributed by atoms with Crippen molar-refractivity contribution < 1.29 is 27.0 Å². The average Bonchev–Trinajstić information content (AvgIpc) is 2.70. The number of hydrogen-bond donors (Lipinski definition) is 2. The van der Waals surface area contributed by atoms with E-state index in [0.717, 1.165) is 5.56 Å². The number of nitrogens with one attached hydrogen (secondary N) is 1. The number of nitrogens with zero attached hydrogens (tertiary/aromatic N) is 2. The van der Waals surface area contributed by atoms with Crippen LogP contribution in [0.15, 0.2) is 36.7 Å². The minimum atomic E-state index is -0.134. The van der Waals surface area contributed by atoms with Gasteiger partial charge in [-0.15, -0.1) is 4.68 Å². The second-order valence-electron chi connectivity index (χ2n) is 4.21. The van der Waals surface area contributed by atoms with Gasteiger partial charge in [-0.1, -0.05) is 6.07 Å². The van der Waals surface area contributed by atoms with Gasteiger partial charge < -0.3 is 22.8 Å². The number of benzene rings is 1. The SMILES string of the molecule is Cc1ccc(NC(=O)C[n+]2cccn2C)cc1O.[Cl-]. The highest BCUT2D eigenvalue weighted by atomic mass is 35.5. The number of phenols is 1. The van der Waals surface area contributed by atoms with Gasteiger partial charge in [0.15, 0.2) is 6.20 Å². The van der Waals surface area contributed by atoms with Gasteiger partial charge >= 0.3 is 0 Å². The Bertz CT molecular complexity index is 581. The average molecular weight is 282 g/mol. The minimum absolute atomic E-state index is 0. The molecule has 2 rings (SSSR count). The van der Waals surface area contributed by atoms with Gasteiger partial charge in [-0.3, -0.25) is 4.79 Å². The van der Waals surface area contributed by atoms with Crippen molar-refractivity contribution in [3.8, 4) is 5.75 Å². The first-order valence-electron chi connectivity index (χ1n) is 5.67. The van der Waals surface area contributed by atoms with Crippen molar-refractivity contribution in [3.05, 3.63) is 42.2 Å². The molecule has 0 aliphatic carbocycles. The van der Waals surface area contributed by atoms with E-state index in [1.807, 2.05) is 30.2 Å². The molecule has 2 N–H and O–H groups in total. The number of phenolic OH excluding ortho intramolecular Hbond substituents is 1. The van der Waals surface area contributed by atoms with Crippen LogP contribution in [0.2, 0.25) is 0 Å². The molecular formula is C13H16ClN3O2. The molecule has 0 radical (unpaired) electrons. The maximum atomic E-state index is 11.8. The zero-order chi connectivity index (χ0) is 13.1. The number of amides is 1. The van der Waals surface area contributed by atoms with Crippen LogP contribution in [0.4, 0.5) is 5.69 Å². The van der Waals surface area contributed by atoms with Crippen molar-refractivity contribution in [3.63, 3.8) is 0 Å². The fraction of sp³-hybridized carbons (Fsp3) is 0.231. The molecule has 0 saturated carbocycles. The summed E-state index contributed by atoms with van der Waals surface area (Å²) < 4.78 is 3.61. The molecule has 0 spiro atoms. The van der Waals surface area contributed by atoms with Crippen molar-refractivity contribution in [2.75, 3.05) is 5.32 Å². The summed E-state index contributed by atoms with van der Waals surface area (Å²) in [6.07, 6.45) is 3.69. The maximum absolute atomic E-state index is 11.8. The summed E-state index contributed by atoms with van der Waals surface area (Å²) in [6, 6.07) is 6.94. The molecule has 5 nitrogen and oxygen atoms in total. The number of aromatic hydroxyl groups is 1. The molecule has 0 saturated heterocycles. The quantitative estimate of drug-likeness (QED) is 0.638. The smallest absolute Gasteiger partial charge is 0.292 e. The summed E-state index contributed by atoms with van der Waals surface area (Å²) in [7, 11) is 1.87. The van der Waals surface area contributed by atoms with Gasteiger partial charge in [-0.05, 0) is 18.6 Å². The summed E-state index contributed by atoms with van der Waals surface area (Å²) >= 11 is 0. The molecule has 102 valence electrons. The lowest BCUT2D eigenvalue weighted by molar-refractivity contribution is -0.761. The second-order valence-corrected chi connectivity index (χ2v) is 4.21. The topological polar surface area (TPSA) is 58.1 Å². The first-order valence-corrected chi connectivity index (χ1v) is 5.67. The van der Waals surface area contributed by atoms with Crippen LogP contribution in [0.1, 0.15) is 5.56 Å². The van der Waals surface area contributed by atoms with Crippen LogP contribution in [0.3, 0.4) is 0 Å². The third kappa shape index (κ3) is 3.72. The number of rotatable bonds is 3. The van der Waals surface area contributed by atoms with E-state index in [2.05, 4.69) is 5.32 Å². The molecule has 0 atom stereocenters. The van der Waals surface area contributed by atoms with E-state index in [-0.39, 0.29) is 30.6 Å². The van der Waals surface area contributed by atoms with Crippen LogP contribution < -0.4 is 22.4 Å². The highest BCUT2D eigenvalue weighted by Gasteiger charge is 2.12. The summed E-state index contributed by atoms with van der Waals surface area (Å²) in [5.74, 6) is 0.0457. The largest absolute Gasteiger partial charge is 1.00 e. The zero-order valence-corrected chi connectivity index (χ0v) is 11.6. The van der Waals surface area contributed by atoms with Crippen LogP contribution in [-0.4, -0.2) is 15.7 Å². The lowest BCUT2D eigenvalue weighted by atomic mass is 10.2. The predicted octanol–water partition coefficient (Wildman–Crippen LogP) is -2.03. The van der Waals surface area contributed by atoms with Crippen molar-refractivity contribution >= 4 is 11.6 Å². The Labute approximate surface area is 117 Å². The van der Waals surface area contributed by atoms with Gasteiger partial charge in [0, 0.05) is 17.8 Å². The van der Waals surface area contributed by atoms with Gasteiger partial charge in [-0.25, -0.2) is 0 Å². The Kier molecular flexibility index (Phi) is 4.94. The number of aromatic nitrogens is 2. The first-order chi connectivity index (χ1) is 8.56. The molecule has 2 aromatic rings. The highest BCUT2D eigenvalue weighted by Crippen LogP contribution is 2.20. The molecule has 0 aliphatic heterocycles. The Balaban J connectivity index is 0.00000180. The van der Waals surface area contributed by atoms with E-state index in [0.29, 0.717) is 5.69 Å². The van der Waals surface area contributed by atoms with E-state index in [4.69, 9.17) is 0 Å². The number of halogens is 1. The summed E-state index contributed by atoms with van der Waals surface area (Å²) in [4.78, 5) is 11.8. The van der Waals surface area contributed by atoms with Gasteiger partial charge in [0.25, 0.3) is 5.91 Å². The maximum Gasteiger partial charge on any atom is 0.292 e. The molecule has 0 fully saturated rings. The number of hydrogen-bond acceptors (Lipinski definition) is 2. The van der Waals surface area contributed by atoms with E-state index >= 15 is 0 Å².